The summed E-state index contributed by atoms with van der Waals surface area (Å²) in [5.41, 5.74) is -0.766. The molecule has 23 heavy (non-hydrogen) atoms. The molecule has 1 aliphatic rings. The minimum Gasteiger partial charge on any atom is -0.385 e. The van der Waals surface area contributed by atoms with Crippen molar-refractivity contribution in [3.05, 3.63) is 35.9 Å². The van der Waals surface area contributed by atoms with Gasteiger partial charge in [-0.3, -0.25) is 9.59 Å². The van der Waals surface area contributed by atoms with Gasteiger partial charge in [0.25, 0.3) is 0 Å². The number of hydrogen-bond donors (Lipinski definition) is 2. The Morgan fingerprint density at radius 1 is 1.26 bits per heavy atom. The van der Waals surface area contributed by atoms with Crippen LogP contribution in [-0.4, -0.2) is 39.9 Å². The summed E-state index contributed by atoms with van der Waals surface area (Å²) in [6.45, 7) is 8.09. The van der Waals surface area contributed by atoms with Gasteiger partial charge in [0, 0.05) is 18.5 Å². The van der Waals surface area contributed by atoms with E-state index in [1.807, 2.05) is 39.0 Å². The molecule has 1 heterocycles. The second-order valence-corrected chi connectivity index (χ2v) is 7.46. The van der Waals surface area contributed by atoms with Crippen LogP contribution < -0.4 is 5.32 Å². The average Bonchev–Trinajstić information content (AvgIpc) is 2.79. The summed E-state index contributed by atoms with van der Waals surface area (Å²) in [4.78, 5) is 26.1. The number of nitrogens with zero attached hydrogens (tertiary/aromatic N) is 1. The molecule has 1 aliphatic heterocycles. The third kappa shape index (κ3) is 4.32. The van der Waals surface area contributed by atoms with Gasteiger partial charge in [-0.2, -0.15) is 0 Å². The normalized spacial score (nSPS) is 21.2. The van der Waals surface area contributed by atoms with Crippen LogP contribution in [0, 0.1) is 0 Å². The fraction of sp³-hybridized carbons (Fsp3) is 0.556. The van der Waals surface area contributed by atoms with Crippen molar-refractivity contribution in [2.24, 2.45) is 0 Å². The maximum Gasteiger partial charge on any atom is 0.225 e. The third-order valence-electron chi connectivity index (χ3n) is 4.20. The molecule has 0 radical (unpaired) electrons. The SMILES string of the molecule is CC(O)(CC(=O)NC1CC(=O)N(C(C)(C)C)C1)c1ccccc1. The van der Waals surface area contributed by atoms with Gasteiger partial charge in [-0.1, -0.05) is 30.3 Å². The number of amides is 2. The van der Waals surface area contributed by atoms with Crippen LogP contribution in [0.5, 0.6) is 0 Å². The lowest BCUT2D eigenvalue weighted by molar-refractivity contribution is -0.131. The monoisotopic (exact) mass is 318 g/mol. The van der Waals surface area contributed by atoms with Gasteiger partial charge in [-0.15, -0.1) is 0 Å². The zero-order valence-electron chi connectivity index (χ0n) is 14.3. The minimum absolute atomic E-state index is 0.0305. The highest BCUT2D eigenvalue weighted by molar-refractivity contribution is 5.83. The second-order valence-electron chi connectivity index (χ2n) is 7.46. The topological polar surface area (TPSA) is 69.6 Å². The van der Waals surface area contributed by atoms with E-state index >= 15 is 0 Å². The van der Waals surface area contributed by atoms with E-state index in [2.05, 4.69) is 5.32 Å². The van der Waals surface area contributed by atoms with Crippen molar-refractivity contribution in [3.63, 3.8) is 0 Å². The molecular weight excluding hydrogens is 292 g/mol. The van der Waals surface area contributed by atoms with Gasteiger partial charge in [-0.25, -0.2) is 0 Å². The maximum atomic E-state index is 12.3. The highest BCUT2D eigenvalue weighted by Gasteiger charge is 2.37. The lowest BCUT2D eigenvalue weighted by atomic mass is 9.92. The van der Waals surface area contributed by atoms with Crippen molar-refractivity contribution in [1.82, 2.24) is 10.2 Å². The summed E-state index contributed by atoms with van der Waals surface area (Å²) < 4.78 is 0. The Bertz CT molecular complexity index is 576. The fourth-order valence-corrected chi connectivity index (χ4v) is 2.94. The van der Waals surface area contributed by atoms with E-state index in [9.17, 15) is 14.7 Å². The predicted molar refractivity (Wildman–Crippen MR) is 88.6 cm³/mol. The van der Waals surface area contributed by atoms with Crippen LogP contribution in [0.1, 0.15) is 46.1 Å². The Balaban J connectivity index is 1.95. The molecule has 126 valence electrons. The van der Waals surface area contributed by atoms with Crippen molar-refractivity contribution < 1.29 is 14.7 Å². The average molecular weight is 318 g/mol. The van der Waals surface area contributed by atoms with Crippen molar-refractivity contribution >= 4 is 11.8 Å². The second kappa shape index (κ2) is 6.32. The van der Waals surface area contributed by atoms with Crippen LogP contribution in [0.4, 0.5) is 0 Å². The van der Waals surface area contributed by atoms with Crippen LogP contribution in [-0.2, 0) is 15.2 Å². The Kier molecular flexibility index (Phi) is 4.80. The van der Waals surface area contributed by atoms with Gasteiger partial charge in [0.2, 0.25) is 11.8 Å². The van der Waals surface area contributed by atoms with E-state index in [4.69, 9.17) is 0 Å². The number of rotatable bonds is 4. The molecule has 0 spiro atoms. The molecule has 2 N–H and O–H groups in total. The zero-order valence-corrected chi connectivity index (χ0v) is 14.3. The molecule has 2 atom stereocenters. The standard InChI is InChI=1S/C18H26N2O3/c1-17(2,3)20-12-14(10-16(20)22)19-15(21)11-18(4,23)13-8-6-5-7-9-13/h5-9,14,23H,10-12H2,1-4H3,(H,19,21). The zero-order chi connectivity index (χ0) is 17.3. The third-order valence-corrected chi connectivity index (χ3v) is 4.20. The molecule has 2 amide bonds. The van der Waals surface area contributed by atoms with Gasteiger partial charge >= 0.3 is 0 Å². The number of hydrogen-bond acceptors (Lipinski definition) is 3. The van der Waals surface area contributed by atoms with E-state index in [0.717, 1.165) is 0 Å². The van der Waals surface area contributed by atoms with Crippen LogP contribution in [0.25, 0.3) is 0 Å². The first-order chi connectivity index (χ1) is 10.6. The van der Waals surface area contributed by atoms with E-state index in [-0.39, 0.29) is 29.8 Å². The molecular formula is C18H26N2O3. The summed E-state index contributed by atoms with van der Waals surface area (Å²) in [5, 5.41) is 13.4. The Morgan fingerprint density at radius 2 is 1.87 bits per heavy atom. The molecule has 1 saturated heterocycles. The number of likely N-dealkylation sites (tertiary alicyclic amines) is 1. The quantitative estimate of drug-likeness (QED) is 0.889. The van der Waals surface area contributed by atoms with Gasteiger partial charge in [0.1, 0.15) is 0 Å². The number of carbonyl (C=O) groups is 2. The summed E-state index contributed by atoms with van der Waals surface area (Å²) in [6, 6.07) is 8.93. The Labute approximate surface area is 137 Å². The van der Waals surface area contributed by atoms with E-state index < -0.39 is 5.60 Å². The summed E-state index contributed by atoms with van der Waals surface area (Å²) >= 11 is 0. The maximum absolute atomic E-state index is 12.3. The Morgan fingerprint density at radius 3 is 2.39 bits per heavy atom. The van der Waals surface area contributed by atoms with Crippen molar-refractivity contribution in [1.29, 1.82) is 0 Å². The highest BCUT2D eigenvalue weighted by Crippen LogP contribution is 2.25. The van der Waals surface area contributed by atoms with E-state index in [0.29, 0.717) is 18.5 Å². The van der Waals surface area contributed by atoms with E-state index in [1.54, 1.807) is 24.0 Å². The summed E-state index contributed by atoms with van der Waals surface area (Å²) in [6.07, 6.45) is 0.285. The van der Waals surface area contributed by atoms with Crippen molar-refractivity contribution in [2.75, 3.05) is 6.54 Å². The molecule has 2 unspecified atom stereocenters. The minimum atomic E-state index is -1.22. The molecule has 0 aromatic heterocycles. The van der Waals surface area contributed by atoms with Crippen molar-refractivity contribution in [2.45, 2.75) is 57.7 Å². The van der Waals surface area contributed by atoms with Crippen LogP contribution in [0.15, 0.2) is 30.3 Å². The Hall–Kier alpha value is -1.88. The summed E-state index contributed by atoms with van der Waals surface area (Å²) in [5.74, 6) is -0.190. The largest absolute Gasteiger partial charge is 0.385 e. The van der Waals surface area contributed by atoms with Crippen LogP contribution in [0.2, 0.25) is 0 Å². The lowest BCUT2D eigenvalue weighted by Crippen LogP contribution is -2.45. The van der Waals surface area contributed by atoms with Crippen LogP contribution >= 0.6 is 0 Å². The first-order valence-electron chi connectivity index (χ1n) is 7.97. The number of nitrogens with one attached hydrogen (secondary N) is 1. The predicted octanol–water partition coefficient (Wildman–Crippen LogP) is 1.80. The molecule has 0 aliphatic carbocycles. The summed E-state index contributed by atoms with van der Waals surface area (Å²) in [7, 11) is 0. The van der Waals surface area contributed by atoms with Crippen molar-refractivity contribution in [3.8, 4) is 0 Å². The fourth-order valence-electron chi connectivity index (χ4n) is 2.94. The van der Waals surface area contributed by atoms with Gasteiger partial charge < -0.3 is 15.3 Å². The molecule has 5 heteroatoms. The molecule has 2 rings (SSSR count). The van der Waals surface area contributed by atoms with Gasteiger partial charge in [-0.05, 0) is 33.3 Å². The number of aliphatic hydroxyl groups is 1. The molecule has 0 bridgehead atoms. The smallest absolute Gasteiger partial charge is 0.225 e. The molecule has 0 saturated carbocycles. The van der Waals surface area contributed by atoms with Gasteiger partial charge in [0.05, 0.1) is 18.1 Å². The molecule has 1 aromatic rings. The first kappa shape index (κ1) is 17.5. The number of carbonyl (C=O) groups excluding carboxylic acids is 2. The molecule has 1 aromatic carbocycles. The van der Waals surface area contributed by atoms with Crippen LogP contribution in [0.3, 0.4) is 0 Å². The number of benzene rings is 1. The molecule has 1 fully saturated rings. The van der Waals surface area contributed by atoms with E-state index in [1.165, 1.54) is 0 Å². The molecule has 5 nitrogen and oxygen atoms in total. The lowest BCUT2D eigenvalue weighted by Gasteiger charge is -2.32. The van der Waals surface area contributed by atoms with Gasteiger partial charge in [0.15, 0.2) is 0 Å². The highest BCUT2D eigenvalue weighted by atomic mass is 16.3. The first-order valence-corrected chi connectivity index (χ1v) is 7.97.